The number of hydrogen-bond donors (Lipinski definition) is 1. The van der Waals surface area contributed by atoms with Gasteiger partial charge in [-0.2, -0.15) is 5.10 Å². The number of imidazole rings is 1. The van der Waals surface area contributed by atoms with Gasteiger partial charge in [0.15, 0.2) is 0 Å². The number of nitrogens with two attached hydrogens (primary N) is 1. The molecule has 0 aromatic carbocycles. The van der Waals surface area contributed by atoms with Crippen molar-refractivity contribution < 1.29 is 0 Å². The minimum Gasteiger partial charge on any atom is -0.335 e. The molecule has 1 unspecified atom stereocenters. The Kier molecular flexibility index (Phi) is 4.60. The highest BCUT2D eigenvalue weighted by Gasteiger charge is 2.15. The molecule has 0 radical (unpaired) electrons. The first-order chi connectivity index (χ1) is 9.52. The Bertz CT molecular complexity index is 567. The summed E-state index contributed by atoms with van der Waals surface area (Å²) in [6.45, 7) is 7.33. The lowest BCUT2D eigenvalue weighted by Gasteiger charge is -2.13. The lowest BCUT2D eigenvalue weighted by Crippen LogP contribution is -2.27. The maximum absolute atomic E-state index is 6.32. The van der Waals surface area contributed by atoms with Crippen molar-refractivity contribution in [3.8, 4) is 0 Å². The van der Waals surface area contributed by atoms with E-state index >= 15 is 0 Å². The van der Waals surface area contributed by atoms with Crippen molar-refractivity contribution >= 4 is 0 Å². The number of nitrogens with zero attached hydrogens (tertiary/aromatic N) is 4. The normalized spacial score (nSPS) is 12.8. The quantitative estimate of drug-likeness (QED) is 0.873. The van der Waals surface area contributed by atoms with Crippen molar-refractivity contribution in [1.82, 2.24) is 19.3 Å². The second-order valence-electron chi connectivity index (χ2n) is 5.48. The van der Waals surface area contributed by atoms with E-state index in [1.54, 1.807) is 0 Å². The van der Waals surface area contributed by atoms with Gasteiger partial charge in [0.05, 0.1) is 5.69 Å². The van der Waals surface area contributed by atoms with Crippen molar-refractivity contribution in [3.05, 3.63) is 35.2 Å². The molecule has 0 aliphatic rings. The Morgan fingerprint density at radius 3 is 2.65 bits per heavy atom. The second kappa shape index (κ2) is 6.22. The summed E-state index contributed by atoms with van der Waals surface area (Å²) in [5, 5.41) is 4.45. The van der Waals surface area contributed by atoms with E-state index in [4.69, 9.17) is 5.73 Å². The number of aromatic nitrogens is 4. The standard InChI is InChI=1S/C15H25N5/c1-5-7-20-8-6-17-15(20)10-13(16)9-14-11(2)18-19(4)12(14)3/h6,8,13H,5,7,9-10,16H2,1-4H3. The highest BCUT2D eigenvalue weighted by molar-refractivity contribution is 5.25. The summed E-state index contributed by atoms with van der Waals surface area (Å²) in [6, 6.07) is 0.0783. The summed E-state index contributed by atoms with van der Waals surface area (Å²) >= 11 is 0. The molecule has 20 heavy (non-hydrogen) atoms. The zero-order chi connectivity index (χ0) is 14.7. The van der Waals surface area contributed by atoms with E-state index in [2.05, 4.69) is 28.5 Å². The summed E-state index contributed by atoms with van der Waals surface area (Å²) in [6.07, 6.45) is 6.66. The summed E-state index contributed by atoms with van der Waals surface area (Å²) < 4.78 is 4.12. The van der Waals surface area contributed by atoms with Crippen LogP contribution in [0.3, 0.4) is 0 Å². The Morgan fingerprint density at radius 1 is 1.30 bits per heavy atom. The van der Waals surface area contributed by atoms with Crippen LogP contribution >= 0.6 is 0 Å². The maximum Gasteiger partial charge on any atom is 0.110 e. The molecule has 0 saturated carbocycles. The molecule has 2 rings (SSSR count). The smallest absolute Gasteiger partial charge is 0.110 e. The molecule has 0 aliphatic heterocycles. The first-order valence-corrected chi connectivity index (χ1v) is 7.27. The first-order valence-electron chi connectivity index (χ1n) is 7.27. The van der Waals surface area contributed by atoms with Crippen LogP contribution in [0.2, 0.25) is 0 Å². The van der Waals surface area contributed by atoms with Crippen LogP contribution in [0.1, 0.15) is 36.1 Å². The van der Waals surface area contributed by atoms with Gasteiger partial charge < -0.3 is 10.3 Å². The molecular formula is C15H25N5. The van der Waals surface area contributed by atoms with E-state index in [0.717, 1.165) is 37.3 Å². The van der Waals surface area contributed by atoms with Crippen LogP contribution in [0, 0.1) is 13.8 Å². The molecule has 0 aliphatic carbocycles. The fourth-order valence-electron chi connectivity index (χ4n) is 2.66. The molecule has 0 amide bonds. The molecule has 2 aromatic heterocycles. The molecule has 5 nitrogen and oxygen atoms in total. The second-order valence-corrected chi connectivity index (χ2v) is 5.48. The predicted molar refractivity (Wildman–Crippen MR) is 80.6 cm³/mol. The molecule has 1 atom stereocenters. The van der Waals surface area contributed by atoms with E-state index in [9.17, 15) is 0 Å². The van der Waals surface area contributed by atoms with E-state index in [0.29, 0.717) is 0 Å². The number of rotatable bonds is 6. The average molecular weight is 275 g/mol. The monoisotopic (exact) mass is 275 g/mol. The number of aryl methyl sites for hydroxylation is 3. The molecule has 5 heteroatoms. The summed E-state index contributed by atoms with van der Waals surface area (Å²) in [7, 11) is 1.98. The Labute approximate surface area is 120 Å². The van der Waals surface area contributed by atoms with E-state index in [1.807, 2.05) is 31.0 Å². The lowest BCUT2D eigenvalue weighted by atomic mass is 10.0. The minimum absolute atomic E-state index is 0.0783. The van der Waals surface area contributed by atoms with Gasteiger partial charge in [0.1, 0.15) is 5.82 Å². The van der Waals surface area contributed by atoms with Crippen LogP contribution in [-0.4, -0.2) is 25.4 Å². The van der Waals surface area contributed by atoms with Crippen molar-refractivity contribution in [1.29, 1.82) is 0 Å². The summed E-state index contributed by atoms with van der Waals surface area (Å²) in [4.78, 5) is 4.43. The lowest BCUT2D eigenvalue weighted by molar-refractivity contribution is 0.580. The van der Waals surface area contributed by atoms with Crippen LogP contribution in [-0.2, 0) is 26.4 Å². The van der Waals surface area contributed by atoms with E-state index in [-0.39, 0.29) is 6.04 Å². The van der Waals surface area contributed by atoms with Gasteiger partial charge >= 0.3 is 0 Å². The molecule has 0 bridgehead atoms. The van der Waals surface area contributed by atoms with Crippen molar-refractivity contribution in [3.63, 3.8) is 0 Å². The third kappa shape index (κ3) is 3.10. The van der Waals surface area contributed by atoms with Gasteiger partial charge in [-0.25, -0.2) is 4.98 Å². The molecule has 0 fully saturated rings. The third-order valence-electron chi connectivity index (χ3n) is 3.84. The van der Waals surface area contributed by atoms with Crippen LogP contribution in [0.15, 0.2) is 12.4 Å². The van der Waals surface area contributed by atoms with Gasteiger partial charge in [-0.15, -0.1) is 0 Å². The van der Waals surface area contributed by atoms with Gasteiger partial charge in [-0.3, -0.25) is 4.68 Å². The van der Waals surface area contributed by atoms with Crippen molar-refractivity contribution in [2.24, 2.45) is 12.8 Å². The molecule has 2 aromatic rings. The van der Waals surface area contributed by atoms with Crippen LogP contribution in [0.25, 0.3) is 0 Å². The van der Waals surface area contributed by atoms with Crippen molar-refractivity contribution in [2.45, 2.75) is 52.6 Å². The van der Waals surface area contributed by atoms with Crippen LogP contribution < -0.4 is 5.73 Å². The van der Waals surface area contributed by atoms with Crippen LogP contribution in [0.5, 0.6) is 0 Å². The molecule has 2 N–H and O–H groups in total. The molecule has 2 heterocycles. The highest BCUT2D eigenvalue weighted by atomic mass is 15.3. The molecule has 110 valence electrons. The minimum atomic E-state index is 0.0783. The molecule has 0 spiro atoms. The third-order valence-corrected chi connectivity index (χ3v) is 3.84. The van der Waals surface area contributed by atoms with Crippen LogP contribution in [0.4, 0.5) is 0 Å². The zero-order valence-corrected chi connectivity index (χ0v) is 12.9. The van der Waals surface area contributed by atoms with Gasteiger partial charge in [0.25, 0.3) is 0 Å². The fraction of sp³-hybridized carbons (Fsp3) is 0.600. The number of hydrogen-bond acceptors (Lipinski definition) is 3. The zero-order valence-electron chi connectivity index (χ0n) is 12.9. The average Bonchev–Trinajstić information content (AvgIpc) is 2.91. The van der Waals surface area contributed by atoms with Gasteiger partial charge in [-0.1, -0.05) is 6.92 Å². The maximum atomic E-state index is 6.32. The van der Waals surface area contributed by atoms with E-state index in [1.165, 1.54) is 11.3 Å². The Morgan fingerprint density at radius 2 is 2.05 bits per heavy atom. The largest absolute Gasteiger partial charge is 0.335 e. The summed E-state index contributed by atoms with van der Waals surface area (Å²) in [5.41, 5.74) is 9.87. The molecule has 0 saturated heterocycles. The predicted octanol–water partition coefficient (Wildman–Crippen LogP) is 1.76. The Hall–Kier alpha value is -1.62. The highest BCUT2D eigenvalue weighted by Crippen LogP contribution is 2.15. The summed E-state index contributed by atoms with van der Waals surface area (Å²) in [5.74, 6) is 1.08. The Balaban J connectivity index is 2.05. The SMILES string of the molecule is CCCn1ccnc1CC(N)Cc1c(C)nn(C)c1C. The topological polar surface area (TPSA) is 61.7 Å². The fourth-order valence-corrected chi connectivity index (χ4v) is 2.66. The van der Waals surface area contributed by atoms with Gasteiger partial charge in [0.2, 0.25) is 0 Å². The first kappa shape index (κ1) is 14.8. The van der Waals surface area contributed by atoms with E-state index < -0.39 is 0 Å². The molecular weight excluding hydrogens is 250 g/mol. The van der Waals surface area contributed by atoms with Gasteiger partial charge in [-0.05, 0) is 32.3 Å². The van der Waals surface area contributed by atoms with Gasteiger partial charge in [0, 0.05) is 44.1 Å². The van der Waals surface area contributed by atoms with Crippen molar-refractivity contribution in [2.75, 3.05) is 0 Å².